The molecule has 0 saturated carbocycles. The molecule has 2 nitrogen and oxygen atoms in total. The van der Waals surface area contributed by atoms with E-state index in [0.29, 0.717) is 0 Å². The molecule has 0 amide bonds. The Labute approximate surface area is 33.0 Å². The Hall–Kier alpha value is 0.140. The minimum absolute atomic E-state index is 0.198. The van der Waals surface area contributed by atoms with Gasteiger partial charge in [-0.25, -0.2) is 0 Å². The SMILES string of the molecule is CC=S1OO1. The Balaban J connectivity index is 2.46. The van der Waals surface area contributed by atoms with Gasteiger partial charge in [0, 0.05) is 0 Å². The predicted molar refractivity (Wildman–Crippen MR) is 21.5 cm³/mol. The van der Waals surface area contributed by atoms with E-state index in [1.54, 1.807) is 0 Å². The summed E-state index contributed by atoms with van der Waals surface area (Å²) in [4.78, 5) is 0. The highest BCUT2D eigenvalue weighted by atomic mass is 32.2. The highest BCUT2D eigenvalue weighted by Crippen LogP contribution is 2.32. The van der Waals surface area contributed by atoms with E-state index in [4.69, 9.17) is 0 Å². The lowest BCUT2D eigenvalue weighted by molar-refractivity contribution is 0.0850. The second kappa shape index (κ2) is 1.08. The third-order valence-electron chi connectivity index (χ3n) is 0.339. The normalized spacial score (nSPS) is 22.6. The molecule has 0 atom stereocenters. The molecule has 0 radical (unpaired) electrons. The molecular formula is C2H4O2S. The van der Waals surface area contributed by atoms with E-state index < -0.39 is 0 Å². The van der Waals surface area contributed by atoms with Gasteiger partial charge < -0.3 is 0 Å². The van der Waals surface area contributed by atoms with E-state index in [1.807, 2.05) is 12.3 Å². The van der Waals surface area contributed by atoms with Crippen molar-refractivity contribution >= 4 is 16.4 Å². The Morgan fingerprint density at radius 2 is 2.20 bits per heavy atom. The van der Waals surface area contributed by atoms with E-state index in [0.717, 1.165) is 0 Å². The van der Waals surface area contributed by atoms with Crippen molar-refractivity contribution in [3.8, 4) is 0 Å². The van der Waals surface area contributed by atoms with E-state index in [-0.39, 0.29) is 11.0 Å². The molecule has 0 unspecified atom stereocenters. The molecule has 1 aliphatic heterocycles. The molecule has 0 aliphatic carbocycles. The van der Waals surface area contributed by atoms with Gasteiger partial charge in [-0.1, -0.05) is 0 Å². The van der Waals surface area contributed by atoms with Crippen LogP contribution in [0.2, 0.25) is 0 Å². The average molecular weight is 92.1 g/mol. The first-order chi connectivity index (χ1) is 2.43. The zero-order chi connectivity index (χ0) is 3.70. The van der Waals surface area contributed by atoms with Crippen LogP contribution in [-0.4, -0.2) is 5.37 Å². The minimum Gasteiger partial charge on any atom is -0.127 e. The van der Waals surface area contributed by atoms with Crippen molar-refractivity contribution in [2.45, 2.75) is 6.92 Å². The second-order valence-corrected chi connectivity index (χ2v) is 1.90. The molecule has 30 valence electrons. The third-order valence-corrected chi connectivity index (χ3v) is 1.02. The lowest BCUT2D eigenvalue weighted by atomic mass is 11.0. The van der Waals surface area contributed by atoms with Crippen LogP contribution < -0.4 is 0 Å². The molecule has 0 bridgehead atoms. The average Bonchev–Trinajstić information content (AvgIpc) is 2.12. The van der Waals surface area contributed by atoms with Crippen LogP contribution in [-0.2, 0) is 8.67 Å². The quantitative estimate of drug-likeness (QED) is 0.251. The highest BCUT2D eigenvalue weighted by molar-refractivity contribution is 8.10. The van der Waals surface area contributed by atoms with Gasteiger partial charge in [-0.2, -0.15) is 0 Å². The maximum absolute atomic E-state index is 4.33. The number of hydrogen-bond acceptors (Lipinski definition) is 2. The summed E-state index contributed by atoms with van der Waals surface area (Å²) in [6.07, 6.45) is 0. The van der Waals surface area contributed by atoms with Crippen LogP contribution in [0.1, 0.15) is 6.92 Å². The molecule has 1 saturated heterocycles. The molecule has 1 heterocycles. The Kier molecular flexibility index (Phi) is 0.722. The topological polar surface area (TPSA) is 25.1 Å². The molecule has 5 heavy (non-hydrogen) atoms. The van der Waals surface area contributed by atoms with Crippen molar-refractivity contribution in [3.63, 3.8) is 0 Å². The van der Waals surface area contributed by atoms with Crippen LogP contribution >= 0.6 is 11.0 Å². The van der Waals surface area contributed by atoms with Crippen molar-refractivity contribution in [1.29, 1.82) is 0 Å². The van der Waals surface area contributed by atoms with Crippen molar-refractivity contribution in [1.82, 2.24) is 0 Å². The molecule has 1 fully saturated rings. The maximum Gasteiger partial charge on any atom is 0.144 e. The molecular weight excluding hydrogens is 88.1 g/mol. The Bertz CT molecular complexity index is 62.0. The first kappa shape index (κ1) is 3.33. The molecule has 1 aliphatic rings. The van der Waals surface area contributed by atoms with Gasteiger partial charge in [0.05, 0.1) is 0 Å². The summed E-state index contributed by atoms with van der Waals surface area (Å²) in [5.41, 5.74) is 0. The Morgan fingerprint density at radius 1 is 1.60 bits per heavy atom. The van der Waals surface area contributed by atoms with Gasteiger partial charge in [-0.15, -0.1) is 8.67 Å². The lowest BCUT2D eigenvalue weighted by Crippen LogP contribution is -1.37. The van der Waals surface area contributed by atoms with Crippen LogP contribution in [0.25, 0.3) is 0 Å². The van der Waals surface area contributed by atoms with Crippen molar-refractivity contribution in [2.24, 2.45) is 0 Å². The van der Waals surface area contributed by atoms with Crippen molar-refractivity contribution in [2.75, 3.05) is 0 Å². The van der Waals surface area contributed by atoms with Gasteiger partial charge in [-0.05, 0) is 12.3 Å². The summed E-state index contributed by atoms with van der Waals surface area (Å²) in [5.74, 6) is 0. The van der Waals surface area contributed by atoms with Crippen LogP contribution in [0.5, 0.6) is 0 Å². The molecule has 0 aromatic heterocycles. The van der Waals surface area contributed by atoms with Crippen LogP contribution in [0, 0.1) is 0 Å². The largest absolute Gasteiger partial charge is 0.144 e. The summed E-state index contributed by atoms with van der Waals surface area (Å²) in [6, 6.07) is 0. The van der Waals surface area contributed by atoms with Crippen molar-refractivity contribution < 1.29 is 8.67 Å². The van der Waals surface area contributed by atoms with Gasteiger partial charge in [-0.3, -0.25) is 0 Å². The Morgan fingerprint density at radius 3 is 2.20 bits per heavy atom. The maximum atomic E-state index is 4.33. The monoisotopic (exact) mass is 92.0 g/mol. The second-order valence-electron chi connectivity index (χ2n) is 0.632. The fourth-order valence-corrected chi connectivity index (χ4v) is 0.380. The van der Waals surface area contributed by atoms with E-state index >= 15 is 0 Å². The minimum atomic E-state index is -0.198. The van der Waals surface area contributed by atoms with E-state index in [2.05, 4.69) is 8.67 Å². The van der Waals surface area contributed by atoms with Crippen molar-refractivity contribution in [3.05, 3.63) is 0 Å². The number of hydrogen-bond donors (Lipinski definition) is 0. The van der Waals surface area contributed by atoms with Gasteiger partial charge in [0.15, 0.2) is 0 Å². The van der Waals surface area contributed by atoms with Gasteiger partial charge in [0.2, 0.25) is 0 Å². The zero-order valence-corrected chi connectivity index (χ0v) is 3.62. The molecule has 1 rings (SSSR count). The van der Waals surface area contributed by atoms with E-state index in [9.17, 15) is 0 Å². The standard InChI is InChI=1S/C2H4O2S/c1-2-5-3-4-5/h2H,1H3. The zero-order valence-electron chi connectivity index (χ0n) is 2.80. The summed E-state index contributed by atoms with van der Waals surface area (Å²) >= 11 is -0.198. The lowest BCUT2D eigenvalue weighted by Gasteiger charge is -1.43. The highest BCUT2D eigenvalue weighted by Gasteiger charge is 2.09. The third kappa shape index (κ3) is 0.718. The van der Waals surface area contributed by atoms with E-state index in [1.165, 1.54) is 0 Å². The molecule has 3 heteroatoms. The predicted octanol–water partition coefficient (Wildman–Crippen LogP) is 0.869. The first-order valence-corrected chi connectivity index (χ1v) is 2.45. The van der Waals surface area contributed by atoms with Gasteiger partial charge in [0.25, 0.3) is 0 Å². The van der Waals surface area contributed by atoms with Crippen LogP contribution in [0.3, 0.4) is 0 Å². The van der Waals surface area contributed by atoms with Crippen LogP contribution in [0.15, 0.2) is 0 Å². The fourth-order valence-electron chi connectivity index (χ4n) is 0.0946. The molecule has 0 aromatic rings. The van der Waals surface area contributed by atoms with Gasteiger partial charge in [0.1, 0.15) is 11.0 Å². The molecule has 0 spiro atoms. The molecule has 0 N–H and O–H groups in total. The van der Waals surface area contributed by atoms with Crippen LogP contribution in [0.4, 0.5) is 0 Å². The summed E-state index contributed by atoms with van der Waals surface area (Å²) in [6.45, 7) is 1.90. The summed E-state index contributed by atoms with van der Waals surface area (Å²) in [5, 5.41) is 1.86. The molecule has 0 aromatic carbocycles. The smallest absolute Gasteiger partial charge is 0.127 e. The fraction of sp³-hybridized carbons (Fsp3) is 0.500. The number of rotatable bonds is 0. The summed E-state index contributed by atoms with van der Waals surface area (Å²) < 4.78 is 8.66. The van der Waals surface area contributed by atoms with Gasteiger partial charge >= 0.3 is 0 Å². The first-order valence-electron chi connectivity index (χ1n) is 1.31. The summed E-state index contributed by atoms with van der Waals surface area (Å²) in [7, 11) is 0.